The molecule has 0 fully saturated rings. The first-order valence-electron chi connectivity index (χ1n) is 6.14. The van der Waals surface area contributed by atoms with Crippen LogP contribution in [-0.4, -0.2) is 32.8 Å². The summed E-state index contributed by atoms with van der Waals surface area (Å²) in [6, 6.07) is 7.75. The predicted molar refractivity (Wildman–Crippen MR) is 80.4 cm³/mol. The summed E-state index contributed by atoms with van der Waals surface area (Å²) in [5, 5.41) is 1.01. The maximum Gasteiger partial charge on any atom is 0.270 e. The third kappa shape index (κ3) is 2.46. The number of nitrogens with zero attached hydrogens (tertiary/aromatic N) is 2. The van der Waals surface area contributed by atoms with Gasteiger partial charge >= 0.3 is 0 Å². The molecule has 2 aromatic heterocycles. The first kappa shape index (κ1) is 12.9. The highest BCUT2D eigenvalue weighted by Gasteiger charge is 2.15. The third-order valence-corrected chi connectivity index (χ3v) is 3.62. The van der Waals surface area contributed by atoms with Crippen LogP contribution >= 0.6 is 15.9 Å². The van der Waals surface area contributed by atoms with E-state index < -0.39 is 0 Å². The van der Waals surface area contributed by atoms with Crippen LogP contribution in [0.2, 0.25) is 0 Å². The smallest absolute Gasteiger partial charge is 0.270 e. The summed E-state index contributed by atoms with van der Waals surface area (Å²) in [4.78, 5) is 24.1. The molecule has 5 nitrogen and oxygen atoms in total. The standard InChI is InChI=1S/C14H13BrN4O/c1-19(7-11-6-16-8-17-11)14(20)13-5-9-4-10(15)2-3-12(9)18-13/h2-6,8,18H,7H2,1H3,(H,16,17). The molecular formula is C14H13BrN4O. The zero-order valence-corrected chi connectivity index (χ0v) is 12.4. The number of hydrogen-bond donors (Lipinski definition) is 2. The minimum Gasteiger partial charge on any atom is -0.351 e. The monoisotopic (exact) mass is 332 g/mol. The maximum atomic E-state index is 12.4. The van der Waals surface area contributed by atoms with Gasteiger partial charge in [-0.15, -0.1) is 0 Å². The predicted octanol–water partition coefficient (Wildman–Crippen LogP) is 2.93. The minimum atomic E-state index is -0.0491. The molecule has 0 saturated carbocycles. The van der Waals surface area contributed by atoms with Crippen LogP contribution in [0.4, 0.5) is 0 Å². The Labute approximate surface area is 124 Å². The summed E-state index contributed by atoms with van der Waals surface area (Å²) in [5.41, 5.74) is 2.44. The second kappa shape index (κ2) is 5.13. The van der Waals surface area contributed by atoms with Crippen LogP contribution in [0.3, 0.4) is 0 Å². The number of fused-ring (bicyclic) bond motifs is 1. The molecule has 0 radical (unpaired) electrons. The number of amides is 1. The zero-order valence-electron chi connectivity index (χ0n) is 10.9. The molecule has 0 atom stereocenters. The van der Waals surface area contributed by atoms with E-state index in [0.29, 0.717) is 12.2 Å². The van der Waals surface area contributed by atoms with E-state index in [9.17, 15) is 4.79 Å². The van der Waals surface area contributed by atoms with Crippen molar-refractivity contribution in [1.82, 2.24) is 19.9 Å². The molecule has 6 heteroatoms. The Balaban J connectivity index is 1.84. The zero-order chi connectivity index (χ0) is 14.1. The van der Waals surface area contributed by atoms with Crippen LogP contribution in [-0.2, 0) is 6.54 Å². The molecule has 0 spiro atoms. The topological polar surface area (TPSA) is 64.8 Å². The fraction of sp³-hybridized carbons (Fsp3) is 0.143. The lowest BCUT2D eigenvalue weighted by molar-refractivity contribution is 0.0779. The van der Waals surface area contributed by atoms with Crippen molar-refractivity contribution in [2.75, 3.05) is 7.05 Å². The number of hydrogen-bond acceptors (Lipinski definition) is 2. The largest absolute Gasteiger partial charge is 0.351 e. The lowest BCUT2D eigenvalue weighted by Crippen LogP contribution is -2.26. The summed E-state index contributed by atoms with van der Waals surface area (Å²) in [5.74, 6) is -0.0491. The molecule has 0 bridgehead atoms. The highest BCUT2D eigenvalue weighted by Crippen LogP contribution is 2.21. The number of aromatic nitrogens is 3. The summed E-state index contributed by atoms with van der Waals surface area (Å²) in [7, 11) is 1.77. The molecule has 1 aromatic carbocycles. The van der Waals surface area contributed by atoms with Gasteiger partial charge in [0.05, 0.1) is 18.6 Å². The Morgan fingerprint density at radius 3 is 3.00 bits per heavy atom. The molecule has 0 unspecified atom stereocenters. The van der Waals surface area contributed by atoms with E-state index in [0.717, 1.165) is 21.1 Å². The lowest BCUT2D eigenvalue weighted by atomic mass is 10.2. The molecule has 1 amide bonds. The SMILES string of the molecule is CN(Cc1cnc[nH]1)C(=O)c1cc2cc(Br)ccc2[nH]1. The second-order valence-corrected chi connectivity index (χ2v) is 5.57. The summed E-state index contributed by atoms with van der Waals surface area (Å²) in [6.45, 7) is 0.498. The van der Waals surface area contributed by atoms with Gasteiger partial charge in [0, 0.05) is 28.6 Å². The number of halogens is 1. The average molecular weight is 333 g/mol. The molecule has 0 aliphatic carbocycles. The Bertz CT molecular complexity index is 748. The first-order valence-corrected chi connectivity index (χ1v) is 6.94. The third-order valence-electron chi connectivity index (χ3n) is 3.12. The van der Waals surface area contributed by atoms with E-state index in [1.54, 1.807) is 24.5 Å². The number of carbonyl (C=O) groups excluding carboxylic acids is 1. The highest BCUT2D eigenvalue weighted by atomic mass is 79.9. The van der Waals surface area contributed by atoms with Gasteiger partial charge in [0.2, 0.25) is 0 Å². The van der Waals surface area contributed by atoms with Crippen molar-refractivity contribution in [3.63, 3.8) is 0 Å². The molecule has 3 aromatic rings. The molecule has 0 aliphatic heterocycles. The highest BCUT2D eigenvalue weighted by molar-refractivity contribution is 9.10. The van der Waals surface area contributed by atoms with E-state index in [1.807, 2.05) is 24.3 Å². The van der Waals surface area contributed by atoms with Gasteiger partial charge in [0.25, 0.3) is 5.91 Å². The molecule has 2 heterocycles. The molecule has 0 saturated heterocycles. The Morgan fingerprint density at radius 2 is 2.25 bits per heavy atom. The number of aromatic amines is 2. The summed E-state index contributed by atoms with van der Waals surface area (Å²) < 4.78 is 0.994. The second-order valence-electron chi connectivity index (χ2n) is 4.65. The number of imidazole rings is 1. The van der Waals surface area contributed by atoms with Crippen LogP contribution in [0.5, 0.6) is 0 Å². The van der Waals surface area contributed by atoms with Crippen molar-refractivity contribution < 1.29 is 4.79 Å². The molecule has 0 aliphatic rings. The Hall–Kier alpha value is -2.08. The number of H-pyrrole nitrogens is 2. The van der Waals surface area contributed by atoms with Crippen molar-refractivity contribution in [3.8, 4) is 0 Å². The first-order chi connectivity index (χ1) is 9.63. The average Bonchev–Trinajstić information content (AvgIpc) is 3.06. The van der Waals surface area contributed by atoms with Gasteiger partial charge in [0.15, 0.2) is 0 Å². The van der Waals surface area contributed by atoms with Crippen molar-refractivity contribution in [2.45, 2.75) is 6.54 Å². The normalized spacial score (nSPS) is 10.9. The van der Waals surface area contributed by atoms with E-state index in [1.165, 1.54) is 0 Å². The molecule has 2 N–H and O–H groups in total. The van der Waals surface area contributed by atoms with Crippen LogP contribution in [0.25, 0.3) is 10.9 Å². The van der Waals surface area contributed by atoms with Crippen LogP contribution in [0.1, 0.15) is 16.2 Å². The van der Waals surface area contributed by atoms with Gasteiger partial charge in [-0.05, 0) is 24.3 Å². The summed E-state index contributed by atoms with van der Waals surface area (Å²) in [6.07, 6.45) is 3.32. The van der Waals surface area contributed by atoms with Crippen molar-refractivity contribution in [3.05, 3.63) is 52.7 Å². The van der Waals surface area contributed by atoms with Gasteiger partial charge in [-0.1, -0.05) is 15.9 Å². The van der Waals surface area contributed by atoms with Gasteiger partial charge in [0.1, 0.15) is 5.69 Å². The number of carbonyl (C=O) groups is 1. The van der Waals surface area contributed by atoms with Crippen molar-refractivity contribution in [1.29, 1.82) is 0 Å². The van der Waals surface area contributed by atoms with E-state index in [2.05, 4.69) is 30.9 Å². The lowest BCUT2D eigenvalue weighted by Gasteiger charge is -2.14. The summed E-state index contributed by atoms with van der Waals surface area (Å²) >= 11 is 3.43. The number of nitrogens with one attached hydrogen (secondary N) is 2. The quantitative estimate of drug-likeness (QED) is 0.774. The Morgan fingerprint density at radius 1 is 1.40 bits per heavy atom. The van der Waals surface area contributed by atoms with Gasteiger partial charge < -0.3 is 14.9 Å². The molecule has 102 valence electrons. The number of benzene rings is 1. The van der Waals surface area contributed by atoms with E-state index in [-0.39, 0.29) is 5.91 Å². The maximum absolute atomic E-state index is 12.4. The molecule has 20 heavy (non-hydrogen) atoms. The van der Waals surface area contributed by atoms with Crippen LogP contribution in [0.15, 0.2) is 41.3 Å². The Kier molecular flexibility index (Phi) is 3.31. The van der Waals surface area contributed by atoms with Crippen LogP contribution < -0.4 is 0 Å². The van der Waals surface area contributed by atoms with Crippen LogP contribution in [0, 0.1) is 0 Å². The van der Waals surface area contributed by atoms with E-state index >= 15 is 0 Å². The molecule has 3 rings (SSSR count). The minimum absolute atomic E-state index is 0.0491. The van der Waals surface area contributed by atoms with Gasteiger partial charge in [-0.3, -0.25) is 4.79 Å². The van der Waals surface area contributed by atoms with Crippen molar-refractivity contribution >= 4 is 32.7 Å². The fourth-order valence-electron chi connectivity index (χ4n) is 2.12. The van der Waals surface area contributed by atoms with Gasteiger partial charge in [-0.2, -0.15) is 0 Å². The molecular weight excluding hydrogens is 320 g/mol. The van der Waals surface area contributed by atoms with E-state index in [4.69, 9.17) is 0 Å². The number of rotatable bonds is 3. The fourth-order valence-corrected chi connectivity index (χ4v) is 2.50. The van der Waals surface area contributed by atoms with Crippen molar-refractivity contribution in [2.24, 2.45) is 0 Å². The van der Waals surface area contributed by atoms with Gasteiger partial charge in [-0.25, -0.2) is 4.98 Å².